The Balaban J connectivity index is 0.000000206. The summed E-state index contributed by atoms with van der Waals surface area (Å²) in [4.78, 5) is 50.4. The molecule has 0 fully saturated rings. The number of nitrogen functional groups attached to an aromatic ring is 1. The summed E-state index contributed by atoms with van der Waals surface area (Å²) in [5.74, 6) is 3.55. The van der Waals surface area contributed by atoms with Gasteiger partial charge in [0.25, 0.3) is 0 Å². The Kier molecular flexibility index (Phi) is 17.6. The highest BCUT2D eigenvalue weighted by Gasteiger charge is 2.30. The minimum atomic E-state index is -0.588. The monoisotopic (exact) mass is 1060 g/mol. The number of nitrogens with zero attached hydrogens (tertiary/aromatic N) is 4. The van der Waals surface area contributed by atoms with Gasteiger partial charge in [0.2, 0.25) is 0 Å². The van der Waals surface area contributed by atoms with E-state index >= 15 is 0 Å². The molecule has 78 heavy (non-hydrogen) atoms. The molecule has 9 rings (SSSR count). The van der Waals surface area contributed by atoms with E-state index < -0.39 is 17.3 Å². The van der Waals surface area contributed by atoms with Crippen LogP contribution in [-0.2, 0) is 40.6 Å². The number of aliphatic hydroxyl groups excluding tert-OH is 1. The second-order valence-electron chi connectivity index (χ2n) is 20.8. The number of aromatic nitrogens is 2. The molecule has 0 spiro atoms. The third-order valence-electron chi connectivity index (χ3n) is 12.7. The van der Waals surface area contributed by atoms with Gasteiger partial charge in [-0.2, -0.15) is 0 Å². The van der Waals surface area contributed by atoms with E-state index in [1.165, 1.54) is 0 Å². The van der Waals surface area contributed by atoms with E-state index in [1.807, 2.05) is 151 Å². The number of hydrogen-bond acceptors (Lipinski definition) is 14. The Hall–Kier alpha value is -8.57. The first-order chi connectivity index (χ1) is 37.4. The molecule has 17 heteroatoms. The lowest BCUT2D eigenvalue weighted by Gasteiger charge is -2.31. The summed E-state index contributed by atoms with van der Waals surface area (Å²) in [7, 11) is 3.27. The fourth-order valence-electron chi connectivity index (χ4n) is 8.91. The molecule has 0 unspecified atom stereocenters. The van der Waals surface area contributed by atoms with Crippen LogP contribution in [0.1, 0.15) is 87.8 Å². The van der Waals surface area contributed by atoms with Crippen LogP contribution in [0, 0.1) is 0 Å². The van der Waals surface area contributed by atoms with Crippen LogP contribution in [0.15, 0.2) is 121 Å². The number of rotatable bonds is 13. The SMILES string of the molecule is COc1ccc(COc2ccccc2-c2cc(C3=CCCN(C(=O)OC(C)(C)C)C3)c(CO)c(N)n2)cc1.COc1ccc(COc2ccccc2-c2cc(C3=CCCN(C(=O)OC(C)(C)C)C3)c3c(n2)NC(=O)OC3)cc1. The van der Waals surface area contributed by atoms with Gasteiger partial charge in [-0.3, -0.25) is 5.32 Å². The molecule has 2 aromatic heterocycles. The predicted molar refractivity (Wildman–Crippen MR) is 299 cm³/mol. The summed E-state index contributed by atoms with van der Waals surface area (Å²) in [6.45, 7) is 13.5. The number of para-hydroxylation sites is 2. The van der Waals surface area contributed by atoms with Crippen LogP contribution in [0.5, 0.6) is 23.0 Å². The number of aliphatic hydroxyl groups is 1. The Morgan fingerprint density at radius 3 is 1.59 bits per heavy atom. The molecule has 0 bridgehead atoms. The normalized spacial score (nSPS) is 14.2. The van der Waals surface area contributed by atoms with E-state index in [0.717, 1.165) is 61.6 Å². The van der Waals surface area contributed by atoms with Crippen LogP contribution in [0.4, 0.5) is 26.0 Å². The first-order valence-electron chi connectivity index (χ1n) is 25.8. The summed E-state index contributed by atoms with van der Waals surface area (Å²) >= 11 is 0. The van der Waals surface area contributed by atoms with Gasteiger partial charge in [0.1, 0.15) is 65.7 Å². The molecule has 5 heterocycles. The number of hydrogen-bond donors (Lipinski definition) is 3. The van der Waals surface area contributed by atoms with Crippen molar-refractivity contribution in [1.82, 2.24) is 19.8 Å². The highest BCUT2D eigenvalue weighted by atomic mass is 16.6. The highest BCUT2D eigenvalue weighted by molar-refractivity contribution is 5.90. The van der Waals surface area contributed by atoms with E-state index in [0.29, 0.717) is 86.5 Å². The zero-order valence-corrected chi connectivity index (χ0v) is 45.5. The Bertz CT molecular complexity index is 3180. The number of fused-ring (bicyclic) bond motifs is 1. The molecule has 0 aliphatic carbocycles. The molecular weight excluding hydrogens is 993 g/mol. The number of methoxy groups -OCH3 is 2. The Labute approximate surface area is 455 Å². The molecule has 4 aromatic carbocycles. The summed E-state index contributed by atoms with van der Waals surface area (Å²) in [5.41, 5.74) is 14.7. The van der Waals surface area contributed by atoms with E-state index in [2.05, 4.69) is 22.5 Å². The van der Waals surface area contributed by atoms with Gasteiger partial charge < -0.3 is 53.8 Å². The van der Waals surface area contributed by atoms with Gasteiger partial charge in [0.05, 0.1) is 32.2 Å². The topological polar surface area (TPSA) is 206 Å². The van der Waals surface area contributed by atoms with Gasteiger partial charge in [-0.15, -0.1) is 0 Å². The first kappa shape index (κ1) is 55.7. The predicted octanol–water partition coefficient (Wildman–Crippen LogP) is 11.9. The van der Waals surface area contributed by atoms with E-state index in [4.69, 9.17) is 43.9 Å². The average molecular weight is 1060 g/mol. The van der Waals surface area contributed by atoms with Crippen LogP contribution in [0.3, 0.4) is 0 Å². The highest BCUT2D eigenvalue weighted by Crippen LogP contribution is 2.39. The third kappa shape index (κ3) is 14.3. The van der Waals surface area contributed by atoms with Crippen LogP contribution in [0.25, 0.3) is 33.7 Å². The Morgan fingerprint density at radius 2 is 1.12 bits per heavy atom. The maximum atomic E-state index is 12.8. The quantitative estimate of drug-likeness (QED) is 0.0920. The zero-order valence-electron chi connectivity index (χ0n) is 45.5. The van der Waals surface area contributed by atoms with Crippen LogP contribution in [-0.4, -0.2) is 94.8 Å². The van der Waals surface area contributed by atoms with Gasteiger partial charge in [-0.1, -0.05) is 60.7 Å². The zero-order chi connectivity index (χ0) is 55.6. The molecule has 0 atom stereocenters. The molecule has 0 saturated carbocycles. The summed E-state index contributed by atoms with van der Waals surface area (Å²) < 4.78 is 39.3. The number of carbonyl (C=O) groups excluding carboxylic acids is 3. The van der Waals surface area contributed by atoms with Crippen molar-refractivity contribution in [3.8, 4) is 45.5 Å². The number of ether oxygens (including phenoxy) is 7. The number of nitrogens with two attached hydrogens (primary N) is 1. The minimum absolute atomic E-state index is 0.0865. The first-order valence-corrected chi connectivity index (χ1v) is 25.8. The third-order valence-corrected chi connectivity index (χ3v) is 12.7. The van der Waals surface area contributed by atoms with Gasteiger partial charge in [0.15, 0.2) is 0 Å². The number of nitrogens with one attached hydrogen (secondary N) is 1. The maximum Gasteiger partial charge on any atom is 0.413 e. The summed E-state index contributed by atoms with van der Waals surface area (Å²) in [6, 6.07) is 34.6. The number of amides is 3. The smallest absolute Gasteiger partial charge is 0.413 e. The second-order valence-corrected chi connectivity index (χ2v) is 20.8. The lowest BCUT2D eigenvalue weighted by molar-refractivity contribution is 0.0262. The lowest BCUT2D eigenvalue weighted by Crippen LogP contribution is -2.39. The second kappa shape index (κ2) is 24.6. The fourth-order valence-corrected chi connectivity index (χ4v) is 8.91. The number of benzene rings is 4. The molecular formula is C61H68N6O11. The number of anilines is 2. The summed E-state index contributed by atoms with van der Waals surface area (Å²) in [5, 5.41) is 12.9. The van der Waals surface area contributed by atoms with Gasteiger partial charge >= 0.3 is 18.3 Å². The number of pyridine rings is 2. The largest absolute Gasteiger partial charge is 0.497 e. The van der Waals surface area contributed by atoms with Crippen molar-refractivity contribution in [1.29, 1.82) is 0 Å². The molecule has 0 saturated heterocycles. The molecule has 4 N–H and O–H groups in total. The Morgan fingerprint density at radius 1 is 0.654 bits per heavy atom. The molecule has 3 amide bonds. The summed E-state index contributed by atoms with van der Waals surface area (Å²) in [6.07, 6.45) is 4.25. The van der Waals surface area contributed by atoms with Gasteiger partial charge in [0, 0.05) is 48.4 Å². The van der Waals surface area contributed by atoms with Crippen molar-refractivity contribution in [3.63, 3.8) is 0 Å². The van der Waals surface area contributed by atoms with Crippen LogP contribution in [0.2, 0.25) is 0 Å². The molecule has 3 aliphatic heterocycles. The molecule has 6 aromatic rings. The van der Waals surface area contributed by atoms with Gasteiger partial charge in [-0.05, 0) is 148 Å². The molecule has 3 aliphatic rings. The van der Waals surface area contributed by atoms with E-state index in [-0.39, 0.29) is 31.2 Å². The van der Waals surface area contributed by atoms with E-state index in [1.54, 1.807) is 24.0 Å². The van der Waals surface area contributed by atoms with Crippen molar-refractivity contribution in [2.24, 2.45) is 0 Å². The molecule has 17 nitrogen and oxygen atoms in total. The lowest BCUT2D eigenvalue weighted by atomic mass is 9.94. The van der Waals surface area contributed by atoms with Crippen LogP contribution < -0.4 is 30.0 Å². The number of carbonyl (C=O) groups is 3. The molecule has 0 radical (unpaired) electrons. The fraction of sp³-hybridized carbons (Fsp3) is 0.328. The van der Waals surface area contributed by atoms with Crippen molar-refractivity contribution < 1.29 is 52.6 Å². The van der Waals surface area contributed by atoms with Crippen molar-refractivity contribution in [2.75, 3.05) is 51.4 Å². The van der Waals surface area contributed by atoms with Crippen molar-refractivity contribution >= 4 is 41.1 Å². The van der Waals surface area contributed by atoms with Gasteiger partial charge in [-0.25, -0.2) is 24.4 Å². The molecule has 408 valence electrons. The minimum Gasteiger partial charge on any atom is -0.497 e. The number of cyclic esters (lactones) is 1. The van der Waals surface area contributed by atoms with E-state index in [9.17, 15) is 19.5 Å². The van der Waals surface area contributed by atoms with Crippen LogP contribution >= 0.6 is 0 Å². The standard InChI is InChI=1S/C31H33N3O6.C30H35N3O5/c1-31(2,3)40-30(36)34-15-7-8-21(17-34)24-16-26(32-28-25(24)19-39-29(35)33-28)23-9-5-6-10-27(23)38-18-20-11-13-22(37-4)14-12-20;1-30(2,3)38-29(35)33-15-7-8-21(17-33)24-16-26(32-28(31)25(24)18-34)23-9-5-6-10-27(23)37-19-20-11-13-22(36-4)14-12-20/h5-6,8-14,16H,7,15,17-19H2,1-4H3,(H,32,33,35);5-6,8-14,16,34H,7,15,17-19H2,1-4H3,(H2,31,32). The van der Waals surface area contributed by atoms with Crippen molar-refractivity contribution in [3.05, 3.63) is 155 Å². The van der Waals surface area contributed by atoms with Crippen molar-refractivity contribution in [2.45, 2.75) is 92.0 Å². The average Bonchev–Trinajstić information content (AvgIpc) is 3.46. The maximum absolute atomic E-state index is 12.8.